The van der Waals surface area contributed by atoms with Crippen molar-refractivity contribution in [1.29, 1.82) is 0 Å². The van der Waals surface area contributed by atoms with Crippen LogP contribution >= 0.6 is 27.5 Å². The van der Waals surface area contributed by atoms with Crippen molar-refractivity contribution in [3.63, 3.8) is 0 Å². The summed E-state index contributed by atoms with van der Waals surface area (Å²) in [5.41, 5.74) is 6.78. The number of halogens is 2. The smallest absolute Gasteiger partial charge is 0.219 e. The van der Waals surface area contributed by atoms with Crippen molar-refractivity contribution >= 4 is 27.5 Å². The Balaban J connectivity index is 2.28. The topological polar surface area (TPSA) is 48.1 Å². The molecule has 0 amide bonds. The van der Waals surface area contributed by atoms with Gasteiger partial charge in [-0.05, 0) is 36.8 Å². The van der Waals surface area contributed by atoms with Gasteiger partial charge >= 0.3 is 0 Å². The van der Waals surface area contributed by atoms with E-state index in [0.717, 1.165) is 10.0 Å². The van der Waals surface area contributed by atoms with Gasteiger partial charge in [-0.1, -0.05) is 27.5 Å². The monoisotopic (exact) mass is 326 g/mol. The Morgan fingerprint density at radius 2 is 2.11 bits per heavy atom. The van der Waals surface area contributed by atoms with Gasteiger partial charge in [-0.15, -0.1) is 0 Å². The Hall–Kier alpha value is -1.10. The Bertz CT molecular complexity index is 560. The number of pyridine rings is 1. The summed E-state index contributed by atoms with van der Waals surface area (Å²) < 4.78 is 6.55. The second-order valence-electron chi connectivity index (χ2n) is 3.89. The van der Waals surface area contributed by atoms with Crippen LogP contribution in [0.3, 0.4) is 0 Å². The van der Waals surface area contributed by atoms with E-state index in [1.807, 2.05) is 25.1 Å². The summed E-state index contributed by atoms with van der Waals surface area (Å²) in [4.78, 5) is 4.14. The molecule has 0 spiro atoms. The van der Waals surface area contributed by atoms with Crippen molar-refractivity contribution in [1.82, 2.24) is 4.98 Å². The zero-order valence-corrected chi connectivity index (χ0v) is 12.1. The van der Waals surface area contributed by atoms with Crippen molar-refractivity contribution in [2.24, 2.45) is 5.73 Å². The van der Waals surface area contributed by atoms with Gasteiger partial charge in [-0.3, -0.25) is 0 Å². The molecule has 2 aromatic rings. The molecule has 0 saturated carbocycles. The second-order valence-corrected chi connectivity index (χ2v) is 5.22. The van der Waals surface area contributed by atoms with Crippen LogP contribution in [0, 0.1) is 0 Å². The maximum absolute atomic E-state index is 6.05. The van der Waals surface area contributed by atoms with Gasteiger partial charge in [0.05, 0.1) is 5.02 Å². The van der Waals surface area contributed by atoms with E-state index >= 15 is 0 Å². The Morgan fingerprint density at radius 1 is 1.33 bits per heavy atom. The molecule has 3 nitrogen and oxygen atoms in total. The lowest BCUT2D eigenvalue weighted by Crippen LogP contribution is -2.05. The van der Waals surface area contributed by atoms with Crippen molar-refractivity contribution < 1.29 is 4.74 Å². The van der Waals surface area contributed by atoms with Crippen LogP contribution in [0.4, 0.5) is 0 Å². The first-order chi connectivity index (χ1) is 8.56. The molecule has 0 bridgehead atoms. The number of benzene rings is 1. The maximum Gasteiger partial charge on any atom is 0.219 e. The molecule has 0 radical (unpaired) electrons. The van der Waals surface area contributed by atoms with Gasteiger partial charge in [0.25, 0.3) is 0 Å². The summed E-state index contributed by atoms with van der Waals surface area (Å²) >= 11 is 9.42. The number of hydrogen-bond donors (Lipinski definition) is 1. The molecule has 2 N–H and O–H groups in total. The van der Waals surface area contributed by atoms with E-state index in [0.29, 0.717) is 16.7 Å². The molecule has 0 aliphatic heterocycles. The van der Waals surface area contributed by atoms with Crippen LogP contribution in [0.25, 0.3) is 0 Å². The molecule has 2 rings (SSSR count). The van der Waals surface area contributed by atoms with Crippen LogP contribution in [-0.2, 0) is 0 Å². The van der Waals surface area contributed by atoms with E-state index in [1.54, 1.807) is 18.3 Å². The number of rotatable bonds is 3. The standard InChI is InChI=1S/C13H12BrClN2O/c1-8(16)9-4-5-17-13(6-9)18-12-7-10(14)2-3-11(12)15/h2-8H,16H2,1H3/t8-/m1/s1. The van der Waals surface area contributed by atoms with Crippen LogP contribution in [0.1, 0.15) is 18.5 Å². The van der Waals surface area contributed by atoms with E-state index in [-0.39, 0.29) is 6.04 Å². The quantitative estimate of drug-likeness (QED) is 0.914. The van der Waals surface area contributed by atoms with Gasteiger partial charge in [0.15, 0.2) is 0 Å². The van der Waals surface area contributed by atoms with Gasteiger partial charge < -0.3 is 10.5 Å². The fraction of sp³-hybridized carbons (Fsp3) is 0.154. The molecular weight excluding hydrogens is 316 g/mol. The van der Waals surface area contributed by atoms with Crippen molar-refractivity contribution in [2.45, 2.75) is 13.0 Å². The van der Waals surface area contributed by atoms with Gasteiger partial charge in [-0.25, -0.2) is 4.98 Å². The van der Waals surface area contributed by atoms with E-state index in [2.05, 4.69) is 20.9 Å². The highest BCUT2D eigenvalue weighted by molar-refractivity contribution is 9.10. The lowest BCUT2D eigenvalue weighted by molar-refractivity contribution is 0.461. The van der Waals surface area contributed by atoms with Crippen LogP contribution in [0.15, 0.2) is 41.0 Å². The molecule has 0 fully saturated rings. The third-order valence-electron chi connectivity index (χ3n) is 2.39. The molecule has 1 aromatic heterocycles. The van der Waals surface area contributed by atoms with Gasteiger partial charge in [0.2, 0.25) is 5.88 Å². The molecule has 1 atom stereocenters. The molecule has 0 saturated heterocycles. The molecule has 5 heteroatoms. The highest BCUT2D eigenvalue weighted by Gasteiger charge is 2.07. The molecule has 0 aliphatic rings. The van der Waals surface area contributed by atoms with Crippen LogP contribution in [0.5, 0.6) is 11.6 Å². The Morgan fingerprint density at radius 3 is 2.83 bits per heavy atom. The Kier molecular flexibility index (Phi) is 4.22. The van der Waals surface area contributed by atoms with E-state index in [9.17, 15) is 0 Å². The summed E-state index contributed by atoms with van der Waals surface area (Å²) in [6, 6.07) is 9.01. The SMILES string of the molecule is C[C@@H](N)c1ccnc(Oc2cc(Br)ccc2Cl)c1. The zero-order chi connectivity index (χ0) is 13.1. The molecule has 18 heavy (non-hydrogen) atoms. The largest absolute Gasteiger partial charge is 0.437 e. The van der Waals surface area contributed by atoms with Crippen molar-refractivity contribution in [2.75, 3.05) is 0 Å². The predicted molar refractivity (Wildman–Crippen MR) is 76.1 cm³/mol. The van der Waals surface area contributed by atoms with E-state index < -0.39 is 0 Å². The first-order valence-corrected chi connectivity index (χ1v) is 6.58. The highest BCUT2D eigenvalue weighted by atomic mass is 79.9. The third-order valence-corrected chi connectivity index (χ3v) is 3.20. The average molecular weight is 328 g/mol. The minimum Gasteiger partial charge on any atom is -0.437 e. The summed E-state index contributed by atoms with van der Waals surface area (Å²) in [5, 5.41) is 0.534. The first-order valence-electron chi connectivity index (χ1n) is 5.40. The molecule has 1 heterocycles. The first kappa shape index (κ1) is 13.3. The summed E-state index contributed by atoms with van der Waals surface area (Å²) in [6.45, 7) is 1.91. The predicted octanol–water partition coefficient (Wildman–Crippen LogP) is 4.31. The fourth-order valence-electron chi connectivity index (χ4n) is 1.43. The normalized spacial score (nSPS) is 12.2. The molecule has 1 aromatic carbocycles. The Labute approximate surface area is 119 Å². The van der Waals surface area contributed by atoms with Crippen LogP contribution < -0.4 is 10.5 Å². The number of ether oxygens (including phenoxy) is 1. The summed E-state index contributed by atoms with van der Waals surface area (Å²) in [7, 11) is 0. The van der Waals surface area contributed by atoms with Crippen molar-refractivity contribution in [3.8, 4) is 11.6 Å². The highest BCUT2D eigenvalue weighted by Crippen LogP contribution is 2.31. The summed E-state index contributed by atoms with van der Waals surface area (Å²) in [5.74, 6) is 1.03. The number of nitrogens with two attached hydrogens (primary N) is 1. The van der Waals surface area contributed by atoms with Crippen LogP contribution in [-0.4, -0.2) is 4.98 Å². The lowest BCUT2D eigenvalue weighted by Gasteiger charge is -2.10. The number of aromatic nitrogens is 1. The summed E-state index contributed by atoms with van der Waals surface area (Å²) in [6.07, 6.45) is 1.67. The molecule has 0 unspecified atom stereocenters. The lowest BCUT2D eigenvalue weighted by atomic mass is 10.1. The van der Waals surface area contributed by atoms with Crippen LogP contribution in [0.2, 0.25) is 5.02 Å². The van der Waals surface area contributed by atoms with E-state index in [1.165, 1.54) is 0 Å². The zero-order valence-electron chi connectivity index (χ0n) is 9.73. The second kappa shape index (κ2) is 5.69. The average Bonchev–Trinajstić information content (AvgIpc) is 2.34. The minimum absolute atomic E-state index is 0.0617. The molecule has 0 aliphatic carbocycles. The van der Waals surface area contributed by atoms with Gasteiger partial charge in [-0.2, -0.15) is 0 Å². The van der Waals surface area contributed by atoms with E-state index in [4.69, 9.17) is 22.1 Å². The molecular formula is C13H12BrClN2O. The maximum atomic E-state index is 6.05. The van der Waals surface area contributed by atoms with Gasteiger partial charge in [0.1, 0.15) is 5.75 Å². The third kappa shape index (κ3) is 3.22. The number of nitrogens with zero attached hydrogens (tertiary/aromatic N) is 1. The van der Waals surface area contributed by atoms with Crippen molar-refractivity contribution in [3.05, 3.63) is 51.6 Å². The minimum atomic E-state index is -0.0617. The van der Waals surface area contributed by atoms with Gasteiger partial charge in [0, 0.05) is 22.8 Å². The fourth-order valence-corrected chi connectivity index (χ4v) is 1.93. The molecule has 94 valence electrons. The number of hydrogen-bond acceptors (Lipinski definition) is 3.